The summed E-state index contributed by atoms with van der Waals surface area (Å²) in [5.74, 6) is 1.38. The van der Waals surface area contributed by atoms with Gasteiger partial charge in [-0.25, -0.2) is 0 Å². The Morgan fingerprint density at radius 2 is 1.82 bits per heavy atom. The molecule has 4 rings (SSSR count). The Labute approximate surface area is 125 Å². The molecule has 2 heterocycles. The smallest absolute Gasteiger partial charge is 0.231 e. The van der Waals surface area contributed by atoms with E-state index in [9.17, 15) is 5.26 Å². The van der Waals surface area contributed by atoms with Gasteiger partial charge in [-0.1, -0.05) is 18.2 Å². The van der Waals surface area contributed by atoms with Gasteiger partial charge in [0.2, 0.25) is 6.79 Å². The van der Waals surface area contributed by atoms with Crippen LogP contribution in [0, 0.1) is 11.3 Å². The van der Waals surface area contributed by atoms with Crippen molar-refractivity contribution in [2.45, 2.75) is 0 Å². The summed E-state index contributed by atoms with van der Waals surface area (Å²) in [6, 6.07) is 15.1. The fourth-order valence-corrected chi connectivity index (χ4v) is 2.26. The number of rotatable bonds is 2. The molecule has 22 heavy (non-hydrogen) atoms. The lowest BCUT2D eigenvalue weighted by atomic mass is 10.2. The van der Waals surface area contributed by atoms with Crippen LogP contribution in [0.2, 0.25) is 0 Å². The molecule has 0 radical (unpaired) electrons. The Bertz CT molecular complexity index is 904. The van der Waals surface area contributed by atoms with E-state index in [0.717, 1.165) is 16.6 Å². The van der Waals surface area contributed by atoms with Crippen molar-refractivity contribution < 1.29 is 9.47 Å². The summed E-state index contributed by atoms with van der Waals surface area (Å²) in [5.41, 5.74) is 2.64. The predicted octanol–water partition coefficient (Wildman–Crippen LogP) is 2.68. The van der Waals surface area contributed by atoms with Gasteiger partial charge in [0.15, 0.2) is 17.2 Å². The summed E-state index contributed by atoms with van der Waals surface area (Å²) in [7, 11) is 0. The van der Waals surface area contributed by atoms with Crippen LogP contribution < -0.4 is 9.47 Å². The molecule has 1 aliphatic heterocycles. The number of hydrogen-bond donors (Lipinski definition) is 0. The highest BCUT2D eigenvalue weighted by molar-refractivity contribution is 5.81. The first kappa shape index (κ1) is 12.4. The quantitative estimate of drug-likeness (QED) is 0.678. The van der Waals surface area contributed by atoms with E-state index in [4.69, 9.17) is 9.47 Å². The topological polar surface area (TPSA) is 73.0 Å². The average molecular weight is 290 g/mol. The molecule has 0 spiro atoms. The molecule has 0 saturated carbocycles. The monoisotopic (exact) mass is 290 g/mol. The zero-order valence-electron chi connectivity index (χ0n) is 11.4. The summed E-state index contributed by atoms with van der Waals surface area (Å²) in [4.78, 5) is 1.34. The molecule has 0 unspecified atom stereocenters. The van der Waals surface area contributed by atoms with E-state index in [1.165, 1.54) is 4.80 Å². The summed E-state index contributed by atoms with van der Waals surface area (Å²) in [5, 5.41) is 18.0. The summed E-state index contributed by atoms with van der Waals surface area (Å²) >= 11 is 0. The van der Waals surface area contributed by atoms with Gasteiger partial charge >= 0.3 is 0 Å². The molecule has 0 bridgehead atoms. The number of fused-ring (bicyclic) bond motifs is 2. The number of hydrogen-bond acceptors (Lipinski definition) is 5. The van der Waals surface area contributed by atoms with Crippen LogP contribution in [-0.2, 0) is 0 Å². The van der Waals surface area contributed by atoms with Gasteiger partial charge in [0.25, 0.3) is 0 Å². The number of allylic oxidation sites excluding steroid dienone is 1. The molecule has 6 nitrogen and oxygen atoms in total. The van der Waals surface area contributed by atoms with Crippen molar-refractivity contribution in [2.24, 2.45) is 0 Å². The third kappa shape index (κ3) is 2.05. The lowest BCUT2D eigenvalue weighted by Crippen LogP contribution is -1.99. The van der Waals surface area contributed by atoms with Crippen LogP contribution in [-0.4, -0.2) is 21.8 Å². The van der Waals surface area contributed by atoms with Crippen LogP contribution in [0.15, 0.2) is 42.5 Å². The number of aromatic nitrogens is 3. The van der Waals surface area contributed by atoms with Crippen LogP contribution in [0.3, 0.4) is 0 Å². The maximum atomic E-state index is 9.38. The lowest BCUT2D eigenvalue weighted by molar-refractivity contribution is 0.174. The first-order valence-corrected chi connectivity index (χ1v) is 6.67. The molecule has 0 saturated heterocycles. The molecule has 0 atom stereocenters. The van der Waals surface area contributed by atoms with Gasteiger partial charge < -0.3 is 9.47 Å². The fourth-order valence-electron chi connectivity index (χ4n) is 2.26. The van der Waals surface area contributed by atoms with Gasteiger partial charge in [0.1, 0.15) is 17.1 Å². The van der Waals surface area contributed by atoms with E-state index < -0.39 is 0 Å². The molecule has 106 valence electrons. The number of nitriles is 1. The fraction of sp³-hybridized carbons (Fsp3) is 0.0625. The molecule has 2 aromatic carbocycles. The van der Waals surface area contributed by atoms with E-state index in [1.54, 1.807) is 6.08 Å². The summed E-state index contributed by atoms with van der Waals surface area (Å²) in [6.45, 7) is 0.222. The van der Waals surface area contributed by atoms with E-state index in [0.29, 0.717) is 17.2 Å². The minimum Gasteiger partial charge on any atom is -0.454 e. The highest BCUT2D eigenvalue weighted by atomic mass is 16.7. The molecule has 0 amide bonds. The standard InChI is InChI=1S/C16H10N4O2/c17-9-12(20-18-13-3-1-2-4-14(13)19-20)7-11-5-6-15-16(8-11)22-10-21-15/h1-8H,10H2/b12-7+. The van der Waals surface area contributed by atoms with Crippen molar-refractivity contribution in [3.63, 3.8) is 0 Å². The molecule has 1 aliphatic rings. The lowest BCUT2D eigenvalue weighted by Gasteiger charge is -1.99. The van der Waals surface area contributed by atoms with Crippen LogP contribution in [0.1, 0.15) is 5.56 Å². The zero-order valence-corrected chi connectivity index (χ0v) is 11.4. The Balaban J connectivity index is 1.76. The minimum absolute atomic E-state index is 0.222. The molecule has 1 aromatic heterocycles. The normalized spacial score (nSPS) is 13.3. The Kier molecular flexibility index (Phi) is 2.76. The van der Waals surface area contributed by atoms with Crippen LogP contribution in [0.25, 0.3) is 22.8 Å². The van der Waals surface area contributed by atoms with Crippen molar-refractivity contribution in [3.8, 4) is 17.6 Å². The Morgan fingerprint density at radius 1 is 1.09 bits per heavy atom. The minimum atomic E-state index is 0.222. The first-order chi connectivity index (χ1) is 10.8. The van der Waals surface area contributed by atoms with Crippen LogP contribution in [0.5, 0.6) is 11.5 Å². The first-order valence-electron chi connectivity index (χ1n) is 6.67. The second kappa shape index (κ2) is 4.90. The largest absolute Gasteiger partial charge is 0.454 e. The van der Waals surface area contributed by atoms with E-state index in [2.05, 4.69) is 16.3 Å². The van der Waals surface area contributed by atoms with E-state index in [1.807, 2.05) is 42.5 Å². The van der Waals surface area contributed by atoms with Crippen molar-refractivity contribution in [2.75, 3.05) is 6.79 Å². The molecule has 0 aliphatic carbocycles. The molecule has 0 N–H and O–H groups in total. The van der Waals surface area contributed by atoms with Gasteiger partial charge in [-0.2, -0.15) is 5.26 Å². The van der Waals surface area contributed by atoms with E-state index in [-0.39, 0.29) is 6.79 Å². The maximum absolute atomic E-state index is 9.38. The van der Waals surface area contributed by atoms with Gasteiger partial charge in [-0.3, -0.25) is 0 Å². The Hall–Kier alpha value is -3.33. The summed E-state index contributed by atoms with van der Waals surface area (Å²) in [6.07, 6.45) is 1.71. The Morgan fingerprint density at radius 3 is 2.55 bits per heavy atom. The van der Waals surface area contributed by atoms with Gasteiger partial charge in [-0.15, -0.1) is 15.0 Å². The predicted molar refractivity (Wildman–Crippen MR) is 79.9 cm³/mol. The highest BCUT2D eigenvalue weighted by Gasteiger charge is 2.13. The van der Waals surface area contributed by atoms with Gasteiger partial charge in [-0.05, 0) is 35.9 Å². The SMILES string of the molecule is N#C/C(=C\c1ccc2c(c1)OCO2)n1nc2ccccc2n1. The molecule has 3 aromatic rings. The van der Waals surface area contributed by atoms with Crippen LogP contribution >= 0.6 is 0 Å². The van der Waals surface area contributed by atoms with Gasteiger partial charge in [0.05, 0.1) is 0 Å². The highest BCUT2D eigenvalue weighted by Crippen LogP contribution is 2.33. The van der Waals surface area contributed by atoms with Crippen molar-refractivity contribution in [1.82, 2.24) is 15.0 Å². The number of benzene rings is 2. The second-order valence-electron chi connectivity index (χ2n) is 4.73. The maximum Gasteiger partial charge on any atom is 0.231 e. The number of nitrogens with zero attached hydrogens (tertiary/aromatic N) is 4. The van der Waals surface area contributed by atoms with E-state index >= 15 is 0 Å². The van der Waals surface area contributed by atoms with Crippen molar-refractivity contribution >= 4 is 22.8 Å². The third-order valence-corrected chi connectivity index (χ3v) is 3.32. The third-order valence-electron chi connectivity index (χ3n) is 3.32. The van der Waals surface area contributed by atoms with Crippen molar-refractivity contribution in [3.05, 3.63) is 48.0 Å². The zero-order chi connectivity index (χ0) is 14.9. The molecule has 0 fully saturated rings. The van der Waals surface area contributed by atoms with Crippen molar-refractivity contribution in [1.29, 1.82) is 5.26 Å². The molecule has 6 heteroatoms. The second-order valence-corrected chi connectivity index (χ2v) is 4.73. The van der Waals surface area contributed by atoms with Gasteiger partial charge in [0, 0.05) is 0 Å². The molecular formula is C16H10N4O2. The summed E-state index contributed by atoms with van der Waals surface area (Å²) < 4.78 is 10.6. The number of ether oxygens (including phenoxy) is 2. The average Bonchev–Trinajstić information content (AvgIpc) is 3.18. The van der Waals surface area contributed by atoms with Crippen LogP contribution in [0.4, 0.5) is 0 Å². The molecular weight excluding hydrogens is 280 g/mol.